The Bertz CT molecular complexity index is 882. The van der Waals surface area contributed by atoms with Gasteiger partial charge in [0.15, 0.2) is 5.82 Å². The van der Waals surface area contributed by atoms with Crippen LogP contribution in [0.5, 0.6) is 5.75 Å². The smallest absolute Gasteiger partial charge is 0.216 e. The number of benzene rings is 2. The fourth-order valence-corrected chi connectivity index (χ4v) is 2.58. The molecule has 5 nitrogen and oxygen atoms in total. The Hall–Kier alpha value is -2.73. The molecule has 1 N–H and O–H groups in total. The zero-order chi connectivity index (χ0) is 17.5. The van der Waals surface area contributed by atoms with E-state index in [-0.39, 0.29) is 0 Å². The maximum Gasteiger partial charge on any atom is 0.216 e. The Morgan fingerprint density at radius 1 is 1.16 bits per heavy atom. The molecule has 0 saturated heterocycles. The highest BCUT2D eigenvalue weighted by molar-refractivity contribution is 7.71. The molecule has 0 bridgehead atoms. The molecular weight excluding hydrogens is 332 g/mol. The van der Waals surface area contributed by atoms with Crippen LogP contribution >= 0.6 is 12.2 Å². The van der Waals surface area contributed by atoms with Crippen LogP contribution in [0.25, 0.3) is 0 Å². The van der Waals surface area contributed by atoms with Crippen molar-refractivity contribution < 1.29 is 4.74 Å². The zero-order valence-corrected chi connectivity index (χ0v) is 14.9. The second kappa shape index (κ2) is 8.39. The number of aromatic nitrogens is 3. The normalized spacial score (nSPS) is 11.1. The molecule has 0 unspecified atom stereocenters. The van der Waals surface area contributed by atoms with E-state index in [0.29, 0.717) is 11.4 Å². The second-order valence-corrected chi connectivity index (χ2v) is 5.89. The van der Waals surface area contributed by atoms with Crippen molar-refractivity contribution in [3.8, 4) is 5.75 Å². The summed E-state index contributed by atoms with van der Waals surface area (Å²) in [6.07, 6.45) is 3.42. The van der Waals surface area contributed by atoms with Crippen molar-refractivity contribution in [2.75, 3.05) is 6.61 Å². The largest absolute Gasteiger partial charge is 0.493 e. The van der Waals surface area contributed by atoms with Crippen LogP contribution in [0, 0.1) is 4.77 Å². The zero-order valence-electron chi connectivity index (χ0n) is 14.1. The lowest BCUT2D eigenvalue weighted by Crippen LogP contribution is -2.01. The van der Waals surface area contributed by atoms with Crippen LogP contribution in [0.1, 0.15) is 23.9 Å². The minimum Gasteiger partial charge on any atom is -0.493 e. The molecule has 1 aromatic heterocycles. The number of hydrogen-bond donors (Lipinski definition) is 1. The molecule has 0 spiro atoms. The molecule has 0 radical (unpaired) electrons. The number of nitrogens with one attached hydrogen (secondary N) is 1. The highest BCUT2D eigenvalue weighted by atomic mass is 32.1. The lowest BCUT2D eigenvalue weighted by atomic mass is 10.2. The van der Waals surface area contributed by atoms with Gasteiger partial charge in [-0.15, -0.1) is 0 Å². The van der Waals surface area contributed by atoms with E-state index in [9.17, 15) is 0 Å². The summed E-state index contributed by atoms with van der Waals surface area (Å²) in [5, 5.41) is 11.3. The third-order valence-electron chi connectivity index (χ3n) is 3.74. The van der Waals surface area contributed by atoms with Gasteiger partial charge < -0.3 is 4.74 Å². The summed E-state index contributed by atoms with van der Waals surface area (Å²) in [6.45, 7) is 2.67. The molecule has 0 aliphatic rings. The minimum absolute atomic E-state index is 0.494. The summed E-state index contributed by atoms with van der Waals surface area (Å²) < 4.78 is 7.92. The molecule has 0 fully saturated rings. The van der Waals surface area contributed by atoms with Crippen LogP contribution < -0.4 is 4.74 Å². The van der Waals surface area contributed by atoms with Crippen molar-refractivity contribution in [1.29, 1.82) is 0 Å². The van der Waals surface area contributed by atoms with Crippen LogP contribution in [0.4, 0.5) is 0 Å². The Kier molecular flexibility index (Phi) is 5.74. The summed E-state index contributed by atoms with van der Waals surface area (Å²) in [7, 11) is 0. The van der Waals surface area contributed by atoms with E-state index in [2.05, 4.69) is 27.4 Å². The average Bonchev–Trinajstić information content (AvgIpc) is 3.02. The van der Waals surface area contributed by atoms with Gasteiger partial charge in [-0.3, -0.25) is 5.10 Å². The predicted octanol–water partition coefficient (Wildman–Crippen LogP) is 4.01. The molecule has 0 atom stereocenters. The van der Waals surface area contributed by atoms with Gasteiger partial charge in [-0.1, -0.05) is 37.3 Å². The van der Waals surface area contributed by atoms with Gasteiger partial charge in [-0.05, 0) is 47.6 Å². The van der Waals surface area contributed by atoms with Crippen LogP contribution in [0.2, 0.25) is 0 Å². The van der Waals surface area contributed by atoms with E-state index in [1.807, 2.05) is 49.4 Å². The predicted molar refractivity (Wildman–Crippen MR) is 102 cm³/mol. The molecule has 3 rings (SSSR count). The fraction of sp³-hybridized carbons (Fsp3) is 0.211. The molecule has 2 aromatic carbocycles. The third kappa shape index (κ3) is 4.64. The Labute approximate surface area is 152 Å². The molecule has 0 amide bonds. The lowest BCUT2D eigenvalue weighted by molar-refractivity contribution is 0.322. The summed E-state index contributed by atoms with van der Waals surface area (Å²) in [5.41, 5.74) is 2.25. The number of nitrogens with zero attached hydrogens (tertiary/aromatic N) is 3. The fourth-order valence-electron chi connectivity index (χ4n) is 2.38. The van der Waals surface area contributed by atoms with E-state index < -0.39 is 0 Å². The molecular formula is C19H20N4OS. The second-order valence-electron chi connectivity index (χ2n) is 5.51. The van der Waals surface area contributed by atoms with Crippen LogP contribution in [0.3, 0.4) is 0 Å². The maximum absolute atomic E-state index is 5.79. The van der Waals surface area contributed by atoms with E-state index in [1.54, 1.807) is 10.9 Å². The SMILES string of the molecule is CCc1n[nH]c(=S)n1/N=C/c1ccc(OCCc2ccccc2)cc1. The first kappa shape index (κ1) is 17.1. The number of H-pyrrole nitrogens is 1. The first-order valence-corrected chi connectivity index (χ1v) is 8.64. The van der Waals surface area contributed by atoms with E-state index in [0.717, 1.165) is 30.0 Å². The minimum atomic E-state index is 0.494. The molecule has 1 heterocycles. The molecule has 0 aliphatic carbocycles. The van der Waals surface area contributed by atoms with Gasteiger partial charge in [0, 0.05) is 12.8 Å². The van der Waals surface area contributed by atoms with Crippen LogP contribution in [-0.2, 0) is 12.8 Å². The first-order chi connectivity index (χ1) is 12.3. The standard InChI is InChI=1S/C19H20N4OS/c1-2-18-21-22-19(25)23(18)20-14-16-8-10-17(11-9-16)24-13-12-15-6-4-3-5-7-15/h3-11,14H,2,12-13H2,1H3,(H,22,25)/b20-14+. The van der Waals surface area contributed by atoms with E-state index >= 15 is 0 Å². The van der Waals surface area contributed by atoms with Gasteiger partial charge in [-0.25, -0.2) is 0 Å². The summed E-state index contributed by atoms with van der Waals surface area (Å²) in [4.78, 5) is 0. The summed E-state index contributed by atoms with van der Waals surface area (Å²) in [5.74, 6) is 1.66. The van der Waals surface area contributed by atoms with Gasteiger partial charge >= 0.3 is 0 Å². The van der Waals surface area contributed by atoms with Crippen molar-refractivity contribution in [3.63, 3.8) is 0 Å². The lowest BCUT2D eigenvalue weighted by Gasteiger charge is -2.06. The number of hydrogen-bond acceptors (Lipinski definition) is 4. The first-order valence-electron chi connectivity index (χ1n) is 8.23. The molecule has 0 saturated carbocycles. The molecule has 0 aliphatic heterocycles. The quantitative estimate of drug-likeness (QED) is 0.516. The van der Waals surface area contributed by atoms with Gasteiger partial charge in [0.05, 0.1) is 12.8 Å². The number of aryl methyl sites for hydroxylation is 1. The van der Waals surface area contributed by atoms with Crippen molar-refractivity contribution in [2.45, 2.75) is 19.8 Å². The summed E-state index contributed by atoms with van der Waals surface area (Å²) in [6, 6.07) is 18.1. The molecule has 3 aromatic rings. The average molecular weight is 352 g/mol. The monoisotopic (exact) mass is 352 g/mol. The Morgan fingerprint density at radius 2 is 1.92 bits per heavy atom. The Balaban J connectivity index is 1.57. The van der Waals surface area contributed by atoms with Crippen molar-refractivity contribution >= 4 is 18.4 Å². The van der Waals surface area contributed by atoms with Crippen LogP contribution in [-0.4, -0.2) is 27.7 Å². The van der Waals surface area contributed by atoms with Gasteiger partial charge in [0.2, 0.25) is 4.77 Å². The third-order valence-corrected chi connectivity index (χ3v) is 4.00. The highest BCUT2D eigenvalue weighted by Crippen LogP contribution is 2.12. The number of rotatable bonds is 7. The van der Waals surface area contributed by atoms with Gasteiger partial charge in [-0.2, -0.15) is 14.9 Å². The van der Waals surface area contributed by atoms with Crippen molar-refractivity contribution in [1.82, 2.24) is 14.9 Å². The van der Waals surface area contributed by atoms with Crippen molar-refractivity contribution in [3.05, 3.63) is 76.3 Å². The molecule has 128 valence electrons. The Morgan fingerprint density at radius 3 is 2.64 bits per heavy atom. The molecule has 25 heavy (non-hydrogen) atoms. The number of aromatic amines is 1. The maximum atomic E-state index is 5.79. The van der Waals surface area contributed by atoms with Gasteiger partial charge in [0.25, 0.3) is 0 Å². The van der Waals surface area contributed by atoms with E-state index in [4.69, 9.17) is 17.0 Å². The molecule has 6 heteroatoms. The van der Waals surface area contributed by atoms with E-state index in [1.165, 1.54) is 5.56 Å². The van der Waals surface area contributed by atoms with Crippen molar-refractivity contribution in [2.24, 2.45) is 5.10 Å². The number of ether oxygens (including phenoxy) is 1. The van der Waals surface area contributed by atoms with Gasteiger partial charge in [0.1, 0.15) is 5.75 Å². The highest BCUT2D eigenvalue weighted by Gasteiger charge is 2.01. The van der Waals surface area contributed by atoms with Crippen LogP contribution in [0.15, 0.2) is 59.7 Å². The summed E-state index contributed by atoms with van der Waals surface area (Å²) >= 11 is 5.17. The topological polar surface area (TPSA) is 55.2 Å².